The van der Waals surface area contributed by atoms with Crippen molar-refractivity contribution in [1.29, 1.82) is 0 Å². The summed E-state index contributed by atoms with van der Waals surface area (Å²) in [6.07, 6.45) is 15.2. The molecule has 1 aliphatic carbocycles. The second-order valence-electron chi connectivity index (χ2n) is 7.99. The third-order valence-electron chi connectivity index (χ3n) is 6.09. The monoisotopic (exact) mass is 391 g/mol. The minimum absolute atomic E-state index is 0.131. The first-order valence-corrected chi connectivity index (χ1v) is 10.5. The van der Waals surface area contributed by atoms with Gasteiger partial charge in [-0.2, -0.15) is 0 Å². The first-order valence-electron chi connectivity index (χ1n) is 10.5. The molecule has 3 aromatic rings. The van der Waals surface area contributed by atoms with Gasteiger partial charge in [-0.25, -0.2) is 15.0 Å². The third kappa shape index (κ3) is 3.69. The molecule has 0 N–H and O–H groups in total. The smallest absolute Gasteiger partial charge is 0.225 e. The molecule has 0 aromatic carbocycles. The van der Waals surface area contributed by atoms with Crippen molar-refractivity contribution in [3.8, 4) is 11.4 Å². The van der Waals surface area contributed by atoms with Gasteiger partial charge in [0.1, 0.15) is 23.8 Å². The van der Waals surface area contributed by atoms with Gasteiger partial charge in [0, 0.05) is 43.4 Å². The van der Waals surface area contributed by atoms with Crippen molar-refractivity contribution in [2.45, 2.75) is 44.6 Å². The summed E-state index contributed by atoms with van der Waals surface area (Å²) in [6, 6.07) is 4.05. The highest BCUT2D eigenvalue weighted by atomic mass is 16.5. The summed E-state index contributed by atoms with van der Waals surface area (Å²) in [4.78, 5) is 27.4. The van der Waals surface area contributed by atoms with Gasteiger partial charge in [-0.1, -0.05) is 12.8 Å². The molecule has 1 saturated carbocycles. The van der Waals surface area contributed by atoms with Crippen molar-refractivity contribution >= 4 is 16.9 Å². The molecule has 1 amide bonds. The second-order valence-corrected chi connectivity index (χ2v) is 7.99. The summed E-state index contributed by atoms with van der Waals surface area (Å²) in [5.41, 5.74) is 1.73. The van der Waals surface area contributed by atoms with Crippen LogP contribution in [-0.2, 0) is 4.79 Å². The number of amides is 1. The number of carbonyl (C=O) groups excluding carboxylic acids is 1. The fourth-order valence-corrected chi connectivity index (χ4v) is 4.51. The SMILES string of the molecule is O=C(C1CCCC1)N1CCC(Oc2cnc3c(ccn3-c3cncnc3)c2)CC1. The van der Waals surface area contributed by atoms with E-state index in [0.29, 0.717) is 5.91 Å². The lowest BCUT2D eigenvalue weighted by Gasteiger charge is -2.33. The molecular weight excluding hydrogens is 366 g/mol. The largest absolute Gasteiger partial charge is 0.489 e. The molecular formula is C22H25N5O2. The summed E-state index contributed by atoms with van der Waals surface area (Å²) in [5, 5.41) is 1.01. The second kappa shape index (κ2) is 7.81. The molecule has 29 heavy (non-hydrogen) atoms. The number of nitrogens with zero attached hydrogens (tertiary/aromatic N) is 5. The first kappa shape index (κ1) is 18.1. The van der Waals surface area contributed by atoms with Gasteiger partial charge >= 0.3 is 0 Å². The van der Waals surface area contributed by atoms with Crippen molar-refractivity contribution in [2.75, 3.05) is 13.1 Å². The van der Waals surface area contributed by atoms with E-state index >= 15 is 0 Å². The molecule has 2 fully saturated rings. The van der Waals surface area contributed by atoms with Crippen LogP contribution < -0.4 is 4.74 Å². The lowest BCUT2D eigenvalue weighted by Crippen LogP contribution is -2.43. The number of carbonyl (C=O) groups is 1. The third-order valence-corrected chi connectivity index (χ3v) is 6.09. The van der Waals surface area contributed by atoms with Crippen LogP contribution in [0.4, 0.5) is 0 Å². The standard InChI is InChI=1S/C22H25N5O2/c28-22(16-3-1-2-4-16)26-8-6-19(7-9-26)29-20-11-17-5-10-27(21(17)25-14-20)18-12-23-15-24-13-18/h5,10-16,19H,1-4,6-9H2. The van der Waals surface area contributed by atoms with Crippen LogP contribution in [0, 0.1) is 5.92 Å². The predicted octanol–water partition coefficient (Wildman–Crippen LogP) is 3.38. The highest BCUT2D eigenvalue weighted by Crippen LogP contribution is 2.29. The van der Waals surface area contributed by atoms with E-state index in [1.165, 1.54) is 19.2 Å². The number of hydrogen-bond donors (Lipinski definition) is 0. The van der Waals surface area contributed by atoms with Gasteiger partial charge in [-0.05, 0) is 25.0 Å². The molecule has 2 aliphatic rings. The van der Waals surface area contributed by atoms with Gasteiger partial charge in [-0.15, -0.1) is 0 Å². The minimum Gasteiger partial charge on any atom is -0.489 e. The van der Waals surface area contributed by atoms with Crippen LogP contribution in [0.25, 0.3) is 16.7 Å². The maximum absolute atomic E-state index is 12.6. The molecule has 0 spiro atoms. The van der Waals surface area contributed by atoms with Gasteiger partial charge in [0.2, 0.25) is 5.91 Å². The summed E-state index contributed by atoms with van der Waals surface area (Å²) >= 11 is 0. The van der Waals surface area contributed by atoms with Gasteiger partial charge in [0.15, 0.2) is 0 Å². The Morgan fingerprint density at radius 1 is 1.03 bits per heavy atom. The van der Waals surface area contributed by atoms with Crippen LogP contribution in [0.3, 0.4) is 0 Å². The predicted molar refractivity (Wildman–Crippen MR) is 109 cm³/mol. The van der Waals surface area contributed by atoms with Crippen molar-refractivity contribution in [2.24, 2.45) is 5.92 Å². The van der Waals surface area contributed by atoms with Gasteiger partial charge in [0.05, 0.1) is 24.3 Å². The maximum atomic E-state index is 12.6. The number of likely N-dealkylation sites (tertiary alicyclic amines) is 1. The molecule has 0 bridgehead atoms. The van der Waals surface area contributed by atoms with E-state index < -0.39 is 0 Å². The Bertz CT molecular complexity index is 989. The number of ether oxygens (including phenoxy) is 1. The van der Waals surface area contributed by atoms with Crippen molar-refractivity contribution in [3.63, 3.8) is 0 Å². The lowest BCUT2D eigenvalue weighted by molar-refractivity contribution is -0.137. The Morgan fingerprint density at radius 3 is 2.55 bits per heavy atom. The van der Waals surface area contributed by atoms with Crippen LogP contribution in [0.5, 0.6) is 5.75 Å². The number of rotatable bonds is 4. The Labute approximate surface area is 169 Å². The number of fused-ring (bicyclic) bond motifs is 1. The maximum Gasteiger partial charge on any atom is 0.225 e. The molecule has 0 atom stereocenters. The minimum atomic E-state index is 0.131. The van der Waals surface area contributed by atoms with Gasteiger partial charge in [0.25, 0.3) is 0 Å². The molecule has 7 nitrogen and oxygen atoms in total. The zero-order valence-electron chi connectivity index (χ0n) is 16.4. The molecule has 0 unspecified atom stereocenters. The summed E-state index contributed by atoms with van der Waals surface area (Å²) in [5.74, 6) is 1.40. The molecule has 5 rings (SSSR count). The van der Waals surface area contributed by atoms with Crippen LogP contribution in [0.15, 0.2) is 43.2 Å². The van der Waals surface area contributed by atoms with Crippen molar-refractivity contribution in [3.05, 3.63) is 43.2 Å². The number of hydrogen-bond acceptors (Lipinski definition) is 5. The highest BCUT2D eigenvalue weighted by molar-refractivity contribution is 5.79. The zero-order chi connectivity index (χ0) is 19.6. The Balaban J connectivity index is 1.23. The fourth-order valence-electron chi connectivity index (χ4n) is 4.51. The lowest BCUT2D eigenvalue weighted by atomic mass is 10.0. The van der Waals surface area contributed by atoms with Crippen LogP contribution in [0.1, 0.15) is 38.5 Å². The average Bonchev–Trinajstić information content (AvgIpc) is 3.44. The zero-order valence-corrected chi connectivity index (χ0v) is 16.4. The summed E-state index contributed by atoms with van der Waals surface area (Å²) in [6.45, 7) is 1.58. The van der Waals surface area contributed by atoms with Crippen LogP contribution in [0.2, 0.25) is 0 Å². The number of aromatic nitrogens is 4. The first-order chi connectivity index (χ1) is 14.3. The van der Waals surface area contributed by atoms with Crippen LogP contribution in [-0.4, -0.2) is 49.5 Å². The molecule has 150 valence electrons. The molecule has 7 heteroatoms. The van der Waals surface area contributed by atoms with E-state index in [4.69, 9.17) is 4.74 Å². The van der Waals surface area contributed by atoms with E-state index in [1.807, 2.05) is 27.8 Å². The molecule has 4 heterocycles. The number of piperidine rings is 1. The Morgan fingerprint density at radius 2 is 1.79 bits per heavy atom. The molecule has 1 saturated heterocycles. The molecule has 3 aromatic heterocycles. The normalized spacial score (nSPS) is 18.4. The topological polar surface area (TPSA) is 73.1 Å². The van der Waals surface area contributed by atoms with E-state index in [-0.39, 0.29) is 12.0 Å². The number of pyridine rings is 1. The average molecular weight is 391 g/mol. The van der Waals surface area contributed by atoms with E-state index in [2.05, 4.69) is 15.0 Å². The molecule has 0 radical (unpaired) electrons. The summed E-state index contributed by atoms with van der Waals surface area (Å²) in [7, 11) is 0. The Kier molecular flexibility index (Phi) is 4.87. The van der Waals surface area contributed by atoms with Gasteiger partial charge in [-0.3, -0.25) is 9.36 Å². The van der Waals surface area contributed by atoms with Crippen molar-refractivity contribution < 1.29 is 9.53 Å². The van der Waals surface area contributed by atoms with E-state index in [9.17, 15) is 4.79 Å². The summed E-state index contributed by atoms with van der Waals surface area (Å²) < 4.78 is 8.16. The van der Waals surface area contributed by atoms with Crippen molar-refractivity contribution in [1.82, 2.24) is 24.4 Å². The van der Waals surface area contributed by atoms with Crippen LogP contribution >= 0.6 is 0 Å². The van der Waals surface area contributed by atoms with Gasteiger partial charge < -0.3 is 9.64 Å². The van der Waals surface area contributed by atoms with E-state index in [0.717, 1.165) is 61.2 Å². The molecule has 1 aliphatic heterocycles. The Hall–Kier alpha value is -2.96. The quantitative estimate of drug-likeness (QED) is 0.682. The fraction of sp³-hybridized carbons (Fsp3) is 0.455. The van der Waals surface area contributed by atoms with E-state index in [1.54, 1.807) is 18.6 Å². The highest BCUT2D eigenvalue weighted by Gasteiger charge is 2.30.